The molecule has 0 spiro atoms. The largest absolute Gasteiger partial charge is 0.479 e. The zero-order chi connectivity index (χ0) is 14.6. The maximum atomic E-state index is 11.9. The van der Waals surface area contributed by atoms with E-state index in [4.69, 9.17) is 15.5 Å². The molecule has 0 aliphatic heterocycles. The molecule has 8 heteroatoms. The molecule has 0 aromatic heterocycles. The predicted molar refractivity (Wildman–Crippen MR) is 64.7 cm³/mol. The van der Waals surface area contributed by atoms with Crippen molar-refractivity contribution in [1.82, 2.24) is 4.72 Å². The summed E-state index contributed by atoms with van der Waals surface area (Å²) in [5.41, 5.74) is 0.679. The van der Waals surface area contributed by atoms with Crippen molar-refractivity contribution in [3.63, 3.8) is 0 Å². The van der Waals surface area contributed by atoms with E-state index in [1.807, 2.05) is 10.8 Å². The number of nitriles is 1. The van der Waals surface area contributed by atoms with Crippen molar-refractivity contribution in [2.75, 3.05) is 6.54 Å². The molecule has 0 heterocycles. The van der Waals surface area contributed by atoms with Crippen molar-refractivity contribution >= 4 is 16.0 Å². The molecule has 7 nitrogen and oxygen atoms in total. The monoisotopic (exact) mass is 284 g/mol. The van der Waals surface area contributed by atoms with Crippen LogP contribution in [0.3, 0.4) is 0 Å². The molecule has 0 saturated heterocycles. The zero-order valence-corrected chi connectivity index (χ0v) is 10.8. The number of hydrogen-bond donors (Lipinski definition) is 3. The van der Waals surface area contributed by atoms with Crippen LogP contribution in [0.1, 0.15) is 11.1 Å². The SMILES string of the molecule is Cc1cc(C#N)ccc1S(=O)(=O)NC[C@H](O)C(=O)O. The molecule has 0 amide bonds. The zero-order valence-electron chi connectivity index (χ0n) is 9.99. The molecule has 1 aromatic rings. The topological polar surface area (TPSA) is 127 Å². The molecule has 0 aliphatic rings. The summed E-state index contributed by atoms with van der Waals surface area (Å²) in [6.07, 6.45) is -1.81. The van der Waals surface area contributed by atoms with Gasteiger partial charge in [0.2, 0.25) is 10.0 Å². The van der Waals surface area contributed by atoms with E-state index < -0.39 is 28.6 Å². The van der Waals surface area contributed by atoms with Crippen molar-refractivity contribution in [3.8, 4) is 6.07 Å². The average molecular weight is 284 g/mol. The van der Waals surface area contributed by atoms with E-state index in [2.05, 4.69) is 0 Å². The number of rotatable bonds is 5. The highest BCUT2D eigenvalue weighted by molar-refractivity contribution is 7.89. The summed E-state index contributed by atoms with van der Waals surface area (Å²) in [4.78, 5) is 10.3. The van der Waals surface area contributed by atoms with Crippen LogP contribution in [0.15, 0.2) is 23.1 Å². The minimum absolute atomic E-state index is 0.0657. The first kappa shape index (κ1) is 15.1. The van der Waals surface area contributed by atoms with Gasteiger partial charge >= 0.3 is 5.97 Å². The molecule has 19 heavy (non-hydrogen) atoms. The quantitative estimate of drug-likeness (QED) is 0.674. The summed E-state index contributed by atoms with van der Waals surface area (Å²) in [5, 5.41) is 26.1. The number of benzene rings is 1. The third-order valence-electron chi connectivity index (χ3n) is 2.35. The number of hydrogen-bond acceptors (Lipinski definition) is 5. The molecule has 0 radical (unpaired) electrons. The lowest BCUT2D eigenvalue weighted by Crippen LogP contribution is -2.36. The summed E-state index contributed by atoms with van der Waals surface area (Å²) in [5.74, 6) is -1.51. The second-order valence-electron chi connectivity index (χ2n) is 3.80. The van der Waals surface area contributed by atoms with Gasteiger partial charge < -0.3 is 10.2 Å². The third kappa shape index (κ3) is 3.75. The molecule has 0 fully saturated rings. The summed E-state index contributed by atoms with van der Waals surface area (Å²) < 4.78 is 25.8. The Hall–Kier alpha value is -1.95. The smallest absolute Gasteiger partial charge is 0.333 e. The van der Waals surface area contributed by atoms with Gasteiger partial charge in [-0.15, -0.1) is 0 Å². The number of sulfonamides is 1. The molecule has 0 unspecified atom stereocenters. The molecular formula is C11H12N2O5S. The van der Waals surface area contributed by atoms with Gasteiger partial charge in [0.15, 0.2) is 6.10 Å². The van der Waals surface area contributed by atoms with E-state index in [1.165, 1.54) is 25.1 Å². The number of carboxylic acid groups (broad SMARTS) is 1. The van der Waals surface area contributed by atoms with E-state index in [0.29, 0.717) is 11.1 Å². The second kappa shape index (κ2) is 5.79. The maximum Gasteiger partial charge on any atom is 0.333 e. The van der Waals surface area contributed by atoms with Crippen LogP contribution in [0, 0.1) is 18.3 Å². The number of carboxylic acids is 1. The van der Waals surface area contributed by atoms with Gasteiger partial charge in [-0.1, -0.05) is 0 Å². The molecule has 1 rings (SSSR count). The Labute approximate surface area is 110 Å². The molecule has 0 bridgehead atoms. The lowest BCUT2D eigenvalue weighted by atomic mass is 10.2. The molecule has 3 N–H and O–H groups in total. The fraction of sp³-hybridized carbons (Fsp3) is 0.273. The lowest BCUT2D eigenvalue weighted by Gasteiger charge is -2.10. The Kier molecular flexibility index (Phi) is 4.61. The van der Waals surface area contributed by atoms with Gasteiger partial charge in [0, 0.05) is 6.54 Å². The van der Waals surface area contributed by atoms with E-state index in [0.717, 1.165) is 0 Å². The standard InChI is InChI=1S/C11H12N2O5S/c1-7-4-8(5-12)2-3-10(7)19(17,18)13-6-9(14)11(15)16/h2-4,9,13-14H,6H2,1H3,(H,15,16)/t9-/m0/s1. The molecule has 0 saturated carbocycles. The lowest BCUT2D eigenvalue weighted by molar-refractivity contribution is -0.146. The van der Waals surface area contributed by atoms with Crippen molar-refractivity contribution in [3.05, 3.63) is 29.3 Å². The molecule has 1 atom stereocenters. The Bertz CT molecular complexity index is 633. The van der Waals surface area contributed by atoms with Gasteiger partial charge in [-0.25, -0.2) is 17.9 Å². The van der Waals surface area contributed by atoms with E-state index in [1.54, 1.807) is 0 Å². The van der Waals surface area contributed by atoms with E-state index >= 15 is 0 Å². The van der Waals surface area contributed by atoms with E-state index in [9.17, 15) is 13.2 Å². The van der Waals surface area contributed by atoms with Gasteiger partial charge in [0.05, 0.1) is 16.5 Å². The highest BCUT2D eigenvalue weighted by Crippen LogP contribution is 2.16. The fourth-order valence-electron chi connectivity index (χ4n) is 1.37. The number of nitrogens with one attached hydrogen (secondary N) is 1. The minimum Gasteiger partial charge on any atom is -0.479 e. The van der Waals surface area contributed by atoms with Gasteiger partial charge in [0.1, 0.15) is 0 Å². The number of aliphatic hydroxyl groups excluding tert-OH is 1. The Balaban J connectivity index is 2.96. The Morgan fingerprint density at radius 3 is 2.63 bits per heavy atom. The molecule has 102 valence electrons. The first-order chi connectivity index (χ1) is 8.77. The van der Waals surface area contributed by atoms with Crippen molar-refractivity contribution in [1.29, 1.82) is 5.26 Å². The summed E-state index contributed by atoms with van der Waals surface area (Å²) in [6, 6.07) is 5.88. The summed E-state index contributed by atoms with van der Waals surface area (Å²) in [7, 11) is -3.93. The number of carbonyl (C=O) groups is 1. The minimum atomic E-state index is -3.93. The molecule has 1 aromatic carbocycles. The normalized spacial score (nSPS) is 12.7. The molecule has 0 aliphatic carbocycles. The highest BCUT2D eigenvalue weighted by Gasteiger charge is 2.20. The van der Waals surface area contributed by atoms with Crippen LogP contribution in [0.4, 0.5) is 0 Å². The number of aryl methyl sites for hydroxylation is 1. The second-order valence-corrected chi connectivity index (χ2v) is 5.53. The van der Waals surface area contributed by atoms with Crippen LogP contribution in [-0.4, -0.2) is 37.2 Å². The van der Waals surface area contributed by atoms with Crippen LogP contribution in [0.5, 0.6) is 0 Å². The van der Waals surface area contributed by atoms with Gasteiger partial charge in [-0.2, -0.15) is 5.26 Å². The summed E-state index contributed by atoms with van der Waals surface area (Å²) >= 11 is 0. The number of aliphatic hydroxyl groups is 1. The van der Waals surface area contributed by atoms with E-state index in [-0.39, 0.29) is 4.90 Å². The third-order valence-corrected chi connectivity index (χ3v) is 3.93. The first-order valence-corrected chi connectivity index (χ1v) is 6.67. The summed E-state index contributed by atoms with van der Waals surface area (Å²) in [6.45, 7) is 0.889. The van der Waals surface area contributed by atoms with Gasteiger partial charge in [0.25, 0.3) is 0 Å². The van der Waals surface area contributed by atoms with Crippen LogP contribution >= 0.6 is 0 Å². The highest BCUT2D eigenvalue weighted by atomic mass is 32.2. The maximum absolute atomic E-state index is 11.9. The Morgan fingerprint density at radius 1 is 1.53 bits per heavy atom. The van der Waals surface area contributed by atoms with Crippen molar-refractivity contribution < 1.29 is 23.4 Å². The predicted octanol–water partition coefficient (Wildman–Crippen LogP) is -0.410. The van der Waals surface area contributed by atoms with Crippen LogP contribution in [-0.2, 0) is 14.8 Å². The Morgan fingerprint density at radius 2 is 2.16 bits per heavy atom. The van der Waals surface area contributed by atoms with Crippen LogP contribution < -0.4 is 4.72 Å². The fourth-order valence-corrected chi connectivity index (χ4v) is 2.64. The number of aliphatic carboxylic acids is 1. The van der Waals surface area contributed by atoms with Gasteiger partial charge in [-0.3, -0.25) is 0 Å². The van der Waals surface area contributed by atoms with Crippen molar-refractivity contribution in [2.24, 2.45) is 0 Å². The van der Waals surface area contributed by atoms with Crippen LogP contribution in [0.2, 0.25) is 0 Å². The van der Waals surface area contributed by atoms with Gasteiger partial charge in [-0.05, 0) is 30.7 Å². The average Bonchev–Trinajstić information content (AvgIpc) is 2.35. The van der Waals surface area contributed by atoms with Crippen LogP contribution in [0.25, 0.3) is 0 Å². The van der Waals surface area contributed by atoms with Crippen molar-refractivity contribution in [2.45, 2.75) is 17.9 Å². The number of nitrogens with zero attached hydrogens (tertiary/aromatic N) is 1. The first-order valence-electron chi connectivity index (χ1n) is 5.19. The molecular weight excluding hydrogens is 272 g/mol.